The van der Waals surface area contributed by atoms with Crippen molar-refractivity contribution in [2.24, 2.45) is 5.41 Å². The molecule has 1 fully saturated rings. The molecule has 28 heavy (non-hydrogen) atoms. The van der Waals surface area contributed by atoms with Crippen LogP contribution in [0.25, 0.3) is 0 Å². The first-order chi connectivity index (χ1) is 13.1. The zero-order valence-electron chi connectivity index (χ0n) is 16.9. The summed E-state index contributed by atoms with van der Waals surface area (Å²) in [4.78, 5) is 30.4. The van der Waals surface area contributed by atoms with Crippen LogP contribution in [0.3, 0.4) is 0 Å². The highest BCUT2D eigenvalue weighted by Gasteiger charge is 2.59. The van der Waals surface area contributed by atoms with Crippen molar-refractivity contribution in [2.75, 3.05) is 7.05 Å². The largest absolute Gasteiger partial charge is 0.322 e. The van der Waals surface area contributed by atoms with Crippen LogP contribution in [0.5, 0.6) is 0 Å². The quantitative estimate of drug-likeness (QED) is 0.803. The third-order valence-electron chi connectivity index (χ3n) is 5.42. The van der Waals surface area contributed by atoms with Gasteiger partial charge in [-0.2, -0.15) is 5.26 Å². The Kier molecular flexibility index (Phi) is 4.76. The highest BCUT2D eigenvalue weighted by Crippen LogP contribution is 2.45. The Hall–Kier alpha value is -3.13. The molecule has 2 atom stereocenters. The Morgan fingerprint density at radius 3 is 2.14 bits per heavy atom. The highest BCUT2D eigenvalue weighted by molar-refractivity contribution is 6.02. The van der Waals surface area contributed by atoms with Gasteiger partial charge in [-0.3, -0.25) is 14.5 Å². The van der Waals surface area contributed by atoms with Crippen LogP contribution < -0.4 is 0 Å². The van der Waals surface area contributed by atoms with Crippen molar-refractivity contribution in [3.63, 3.8) is 0 Å². The number of nitriles is 1. The summed E-state index contributed by atoms with van der Waals surface area (Å²) < 4.78 is 0. The summed E-state index contributed by atoms with van der Waals surface area (Å²) in [6.07, 6.45) is -0.409. The number of hydrogen-bond donors (Lipinski definition) is 0. The van der Waals surface area contributed by atoms with E-state index >= 15 is 0 Å². The minimum Gasteiger partial charge on any atom is -0.322 e. The molecule has 1 saturated heterocycles. The Morgan fingerprint density at radius 1 is 1.07 bits per heavy atom. The van der Waals surface area contributed by atoms with E-state index in [0.29, 0.717) is 16.7 Å². The van der Waals surface area contributed by atoms with E-state index in [-0.39, 0.29) is 17.2 Å². The molecule has 0 aliphatic carbocycles. The Morgan fingerprint density at radius 2 is 1.64 bits per heavy atom. The Labute approximate surface area is 166 Å². The molecular formula is C23H25N3O2. The van der Waals surface area contributed by atoms with Crippen molar-refractivity contribution < 1.29 is 9.59 Å². The van der Waals surface area contributed by atoms with Crippen molar-refractivity contribution in [3.05, 3.63) is 71.3 Å². The Balaban J connectivity index is 2.21. The lowest BCUT2D eigenvalue weighted by molar-refractivity contribution is -0.133. The molecule has 144 valence electrons. The first-order valence-corrected chi connectivity index (χ1v) is 9.29. The summed E-state index contributed by atoms with van der Waals surface area (Å²) in [5, 5.41) is 9.10. The Bertz CT molecular complexity index is 939. The molecule has 1 heterocycles. The van der Waals surface area contributed by atoms with Gasteiger partial charge in [0.2, 0.25) is 0 Å². The topological polar surface area (TPSA) is 64.4 Å². The fraction of sp³-hybridized carbons (Fsp3) is 0.348. The number of carbonyl (C=O) groups excluding carboxylic acids is 2. The SMILES string of the molecule is CN1C(=O)[C@](C)(c2ccc(C#N)cc2)N(C(=O)c2ccccc2)[C@@H]1C(C)(C)C. The second kappa shape index (κ2) is 6.79. The first kappa shape index (κ1) is 19.6. The summed E-state index contributed by atoms with van der Waals surface area (Å²) in [6, 6.07) is 18.0. The summed E-state index contributed by atoms with van der Waals surface area (Å²) in [6.45, 7) is 7.87. The van der Waals surface area contributed by atoms with E-state index in [1.165, 1.54) is 0 Å². The fourth-order valence-electron chi connectivity index (χ4n) is 4.11. The van der Waals surface area contributed by atoms with Gasteiger partial charge in [0.1, 0.15) is 11.7 Å². The maximum Gasteiger partial charge on any atom is 0.256 e. The minimum atomic E-state index is -1.16. The molecule has 0 radical (unpaired) electrons. The van der Waals surface area contributed by atoms with Gasteiger partial charge in [0, 0.05) is 18.0 Å². The lowest BCUT2D eigenvalue weighted by Gasteiger charge is -2.42. The molecule has 0 bridgehead atoms. The van der Waals surface area contributed by atoms with Crippen LogP contribution in [0.15, 0.2) is 54.6 Å². The summed E-state index contributed by atoms with van der Waals surface area (Å²) in [5.74, 6) is -0.327. The molecule has 1 aliphatic rings. The van der Waals surface area contributed by atoms with Crippen molar-refractivity contribution in [2.45, 2.75) is 39.4 Å². The molecular weight excluding hydrogens is 350 g/mol. The monoisotopic (exact) mass is 375 g/mol. The maximum absolute atomic E-state index is 13.6. The van der Waals surface area contributed by atoms with Gasteiger partial charge in [-0.25, -0.2) is 0 Å². The number of nitrogens with zero attached hydrogens (tertiary/aromatic N) is 3. The zero-order chi connectivity index (χ0) is 20.7. The molecule has 0 N–H and O–H groups in total. The van der Waals surface area contributed by atoms with Crippen LogP contribution in [0.4, 0.5) is 0 Å². The molecule has 2 aromatic rings. The number of carbonyl (C=O) groups is 2. The number of hydrogen-bond acceptors (Lipinski definition) is 3. The molecule has 0 unspecified atom stereocenters. The zero-order valence-corrected chi connectivity index (χ0v) is 16.9. The van der Waals surface area contributed by atoms with Crippen LogP contribution in [0, 0.1) is 16.7 Å². The number of likely N-dealkylation sites (N-methyl/N-ethyl adjacent to an activating group) is 1. The normalized spacial score (nSPS) is 22.3. The summed E-state index contributed by atoms with van der Waals surface area (Å²) in [7, 11) is 1.75. The van der Waals surface area contributed by atoms with Crippen LogP contribution in [-0.2, 0) is 10.3 Å². The van der Waals surface area contributed by atoms with Gasteiger partial charge in [-0.1, -0.05) is 51.1 Å². The average Bonchev–Trinajstić information content (AvgIpc) is 2.90. The lowest BCUT2D eigenvalue weighted by atomic mass is 9.86. The fourth-order valence-corrected chi connectivity index (χ4v) is 4.11. The number of benzene rings is 2. The molecule has 5 heteroatoms. The van der Waals surface area contributed by atoms with Crippen LogP contribution >= 0.6 is 0 Å². The van der Waals surface area contributed by atoms with Gasteiger partial charge >= 0.3 is 0 Å². The highest BCUT2D eigenvalue weighted by atomic mass is 16.2. The summed E-state index contributed by atoms with van der Waals surface area (Å²) >= 11 is 0. The standard InChI is InChI=1S/C23H25N3O2/c1-22(2,3)20-25(5)21(28)23(4,18-13-11-16(15-24)12-14-18)26(20)19(27)17-9-7-6-8-10-17/h6-14,20H,1-5H3/t20-,23+/m1/s1. The number of amides is 2. The van der Waals surface area contributed by atoms with Crippen molar-refractivity contribution in [1.29, 1.82) is 5.26 Å². The van der Waals surface area contributed by atoms with E-state index in [0.717, 1.165) is 0 Å². The van der Waals surface area contributed by atoms with E-state index < -0.39 is 11.7 Å². The molecule has 5 nitrogen and oxygen atoms in total. The van der Waals surface area contributed by atoms with Gasteiger partial charge in [-0.05, 0) is 36.8 Å². The predicted molar refractivity (Wildman–Crippen MR) is 107 cm³/mol. The first-order valence-electron chi connectivity index (χ1n) is 9.29. The van der Waals surface area contributed by atoms with Gasteiger partial charge in [0.25, 0.3) is 11.8 Å². The third kappa shape index (κ3) is 2.95. The van der Waals surface area contributed by atoms with Crippen molar-refractivity contribution in [3.8, 4) is 6.07 Å². The van der Waals surface area contributed by atoms with Crippen molar-refractivity contribution in [1.82, 2.24) is 9.80 Å². The molecule has 0 saturated carbocycles. The van der Waals surface area contributed by atoms with E-state index in [4.69, 9.17) is 5.26 Å². The third-order valence-corrected chi connectivity index (χ3v) is 5.42. The second-order valence-electron chi connectivity index (χ2n) is 8.46. The number of rotatable bonds is 2. The van der Waals surface area contributed by atoms with Crippen LogP contribution in [-0.4, -0.2) is 34.8 Å². The van der Waals surface area contributed by atoms with Crippen LogP contribution in [0.2, 0.25) is 0 Å². The van der Waals surface area contributed by atoms with E-state index in [2.05, 4.69) is 6.07 Å². The molecule has 2 amide bonds. The second-order valence-corrected chi connectivity index (χ2v) is 8.46. The molecule has 2 aromatic carbocycles. The van der Waals surface area contributed by atoms with Gasteiger partial charge in [0.15, 0.2) is 0 Å². The summed E-state index contributed by atoms with van der Waals surface area (Å²) in [5.41, 5.74) is 0.242. The predicted octanol–water partition coefficient (Wildman–Crippen LogP) is 3.76. The van der Waals surface area contributed by atoms with E-state index in [9.17, 15) is 9.59 Å². The van der Waals surface area contributed by atoms with Gasteiger partial charge in [-0.15, -0.1) is 0 Å². The molecule has 0 spiro atoms. The molecule has 3 rings (SSSR count). The van der Waals surface area contributed by atoms with Crippen molar-refractivity contribution >= 4 is 11.8 Å². The van der Waals surface area contributed by atoms with Crippen LogP contribution in [0.1, 0.15) is 49.2 Å². The van der Waals surface area contributed by atoms with E-state index in [1.54, 1.807) is 60.2 Å². The molecule has 0 aromatic heterocycles. The van der Waals surface area contributed by atoms with Gasteiger partial charge in [0.05, 0.1) is 11.6 Å². The van der Waals surface area contributed by atoms with E-state index in [1.807, 2.05) is 39.0 Å². The lowest BCUT2D eigenvalue weighted by Crippen LogP contribution is -2.53. The van der Waals surface area contributed by atoms with Gasteiger partial charge < -0.3 is 4.90 Å². The average molecular weight is 375 g/mol. The smallest absolute Gasteiger partial charge is 0.256 e. The minimum absolute atomic E-state index is 0.138. The maximum atomic E-state index is 13.6. The molecule has 1 aliphatic heterocycles.